The highest BCUT2D eigenvalue weighted by atomic mass is 32.2. The van der Waals surface area contributed by atoms with Crippen molar-refractivity contribution in [3.05, 3.63) is 41.2 Å². The molecule has 1 fully saturated rings. The fraction of sp³-hybridized carbons (Fsp3) is 0.421. The lowest BCUT2D eigenvalue weighted by atomic mass is 10.2. The van der Waals surface area contributed by atoms with Crippen LogP contribution in [0.4, 0.5) is 5.69 Å². The van der Waals surface area contributed by atoms with Crippen LogP contribution in [0.1, 0.15) is 34.6 Å². The highest BCUT2D eigenvalue weighted by Crippen LogP contribution is 2.30. The molecule has 0 spiro atoms. The van der Waals surface area contributed by atoms with Gasteiger partial charge in [-0.3, -0.25) is 9.52 Å². The van der Waals surface area contributed by atoms with Crippen molar-refractivity contribution < 1.29 is 17.9 Å². The van der Waals surface area contributed by atoms with E-state index in [0.29, 0.717) is 35.9 Å². The maximum Gasteiger partial charge on any atom is 0.264 e. The summed E-state index contributed by atoms with van der Waals surface area (Å²) in [4.78, 5) is 14.8. The molecule has 1 saturated heterocycles. The predicted molar refractivity (Wildman–Crippen MR) is 104 cm³/mol. The van der Waals surface area contributed by atoms with E-state index >= 15 is 0 Å². The second-order valence-corrected chi connectivity index (χ2v) is 8.39. The highest BCUT2D eigenvalue weighted by molar-refractivity contribution is 7.92. The molecule has 1 amide bonds. The Morgan fingerprint density at radius 2 is 1.81 bits per heavy atom. The van der Waals surface area contributed by atoms with Crippen molar-refractivity contribution in [1.82, 2.24) is 9.47 Å². The Balaban J connectivity index is 2.06. The Morgan fingerprint density at radius 1 is 1.15 bits per heavy atom. The number of hydrogen-bond acceptors (Lipinski definition) is 4. The van der Waals surface area contributed by atoms with Gasteiger partial charge in [-0.25, -0.2) is 8.42 Å². The molecule has 2 heterocycles. The van der Waals surface area contributed by atoms with Gasteiger partial charge in [-0.05, 0) is 38.8 Å². The summed E-state index contributed by atoms with van der Waals surface area (Å²) in [6, 6.07) is 6.69. The van der Waals surface area contributed by atoms with Crippen molar-refractivity contribution in [3.63, 3.8) is 0 Å². The lowest BCUT2D eigenvalue weighted by Gasteiger charge is -2.17. The highest BCUT2D eigenvalue weighted by Gasteiger charge is 2.33. The molecule has 1 aliphatic heterocycles. The number of likely N-dealkylation sites (tertiary alicyclic amines) is 1. The third-order valence-electron chi connectivity index (χ3n) is 5.12. The van der Waals surface area contributed by atoms with Crippen LogP contribution in [0.3, 0.4) is 0 Å². The van der Waals surface area contributed by atoms with Crippen molar-refractivity contribution in [2.75, 3.05) is 24.9 Å². The van der Waals surface area contributed by atoms with Crippen LogP contribution in [0, 0.1) is 13.8 Å². The molecule has 0 saturated carbocycles. The smallest absolute Gasteiger partial charge is 0.264 e. The third kappa shape index (κ3) is 3.53. The number of amides is 1. The third-order valence-corrected chi connectivity index (χ3v) is 6.66. The monoisotopic (exact) mass is 391 g/mol. The minimum absolute atomic E-state index is 0.0437. The van der Waals surface area contributed by atoms with Crippen molar-refractivity contribution in [1.29, 1.82) is 0 Å². The number of aromatic nitrogens is 1. The average molecular weight is 391 g/mol. The van der Waals surface area contributed by atoms with Crippen LogP contribution in [0.15, 0.2) is 29.2 Å². The van der Waals surface area contributed by atoms with E-state index in [1.165, 1.54) is 7.11 Å². The first-order valence-electron chi connectivity index (χ1n) is 8.88. The van der Waals surface area contributed by atoms with Gasteiger partial charge in [0.2, 0.25) is 0 Å². The molecule has 1 N–H and O–H groups in total. The largest absolute Gasteiger partial charge is 0.497 e. The Morgan fingerprint density at radius 3 is 2.44 bits per heavy atom. The molecular formula is C19H25N3O4S. The number of nitrogens with one attached hydrogen (secondary N) is 1. The van der Waals surface area contributed by atoms with Crippen LogP contribution in [0.5, 0.6) is 5.75 Å². The van der Waals surface area contributed by atoms with Gasteiger partial charge in [-0.1, -0.05) is 6.07 Å². The summed E-state index contributed by atoms with van der Waals surface area (Å²) in [6.45, 7) is 4.82. The van der Waals surface area contributed by atoms with Crippen molar-refractivity contribution in [2.45, 2.75) is 31.6 Å². The van der Waals surface area contributed by atoms with Crippen molar-refractivity contribution in [2.24, 2.45) is 7.05 Å². The number of ether oxygens (including phenoxy) is 1. The van der Waals surface area contributed by atoms with Crippen LogP contribution < -0.4 is 9.46 Å². The molecule has 0 aliphatic carbocycles. The molecule has 2 aromatic rings. The van der Waals surface area contributed by atoms with Crippen LogP contribution in [-0.2, 0) is 17.1 Å². The summed E-state index contributed by atoms with van der Waals surface area (Å²) in [7, 11) is -0.657. The van der Waals surface area contributed by atoms with E-state index in [1.807, 2.05) is 0 Å². The quantitative estimate of drug-likeness (QED) is 0.850. The van der Waals surface area contributed by atoms with Crippen LogP contribution in [0.25, 0.3) is 0 Å². The van der Waals surface area contributed by atoms with Crippen LogP contribution >= 0.6 is 0 Å². The zero-order valence-electron chi connectivity index (χ0n) is 16.1. The van der Waals surface area contributed by atoms with E-state index in [1.54, 1.807) is 54.6 Å². The average Bonchev–Trinajstić information content (AvgIpc) is 3.24. The second kappa shape index (κ2) is 7.26. The summed E-state index contributed by atoms with van der Waals surface area (Å²) in [6.07, 6.45) is 1.89. The van der Waals surface area contributed by atoms with E-state index in [9.17, 15) is 13.2 Å². The Hall–Kier alpha value is -2.48. The lowest BCUT2D eigenvalue weighted by Crippen LogP contribution is -2.30. The molecule has 0 unspecified atom stereocenters. The Kier molecular flexibility index (Phi) is 5.19. The first-order chi connectivity index (χ1) is 12.8. The van der Waals surface area contributed by atoms with Gasteiger partial charge in [-0.2, -0.15) is 0 Å². The molecule has 8 heteroatoms. The molecule has 146 valence electrons. The molecule has 27 heavy (non-hydrogen) atoms. The normalized spacial score (nSPS) is 14.4. The fourth-order valence-corrected chi connectivity index (χ4v) is 5.04. The number of methoxy groups -OCH3 is 1. The molecule has 3 rings (SSSR count). The van der Waals surface area contributed by atoms with E-state index in [0.717, 1.165) is 12.8 Å². The van der Waals surface area contributed by atoms with Gasteiger partial charge in [0.25, 0.3) is 15.9 Å². The molecule has 7 nitrogen and oxygen atoms in total. The number of nitrogens with zero attached hydrogens (tertiary/aromatic N) is 2. The first-order valence-corrected chi connectivity index (χ1v) is 10.4. The van der Waals surface area contributed by atoms with Crippen molar-refractivity contribution in [3.8, 4) is 5.75 Å². The minimum Gasteiger partial charge on any atom is -0.497 e. The van der Waals surface area contributed by atoms with Gasteiger partial charge in [0, 0.05) is 37.6 Å². The van der Waals surface area contributed by atoms with Gasteiger partial charge in [0.15, 0.2) is 0 Å². The Bertz CT molecular complexity index is 973. The van der Waals surface area contributed by atoms with Gasteiger partial charge >= 0.3 is 0 Å². The summed E-state index contributed by atoms with van der Waals surface area (Å²) >= 11 is 0. The van der Waals surface area contributed by atoms with E-state index < -0.39 is 10.0 Å². The van der Waals surface area contributed by atoms with Gasteiger partial charge in [0.05, 0.1) is 18.4 Å². The molecule has 1 aromatic carbocycles. The van der Waals surface area contributed by atoms with E-state index in [2.05, 4.69) is 4.72 Å². The number of sulfonamides is 1. The predicted octanol–water partition coefficient (Wildman–Crippen LogP) is 2.69. The number of anilines is 1. The number of carbonyl (C=O) groups excluding carboxylic acids is 1. The van der Waals surface area contributed by atoms with Crippen molar-refractivity contribution >= 4 is 21.6 Å². The zero-order valence-corrected chi connectivity index (χ0v) is 16.9. The fourth-order valence-electron chi connectivity index (χ4n) is 3.47. The SMILES string of the molecule is COc1cccc(NS(=O)(=O)c2c(C(=O)N3CCCC3)c(C)n(C)c2C)c1. The standard InChI is InChI=1S/C19H25N3O4S/c1-13-17(19(23)22-10-5-6-11-22)18(14(2)21(13)3)27(24,25)20-15-8-7-9-16(12-15)26-4/h7-9,12,20H,5-6,10-11H2,1-4H3. The Labute approximate surface area is 160 Å². The number of rotatable bonds is 5. The van der Waals surface area contributed by atoms with Gasteiger partial charge in [0.1, 0.15) is 10.6 Å². The van der Waals surface area contributed by atoms with Crippen LogP contribution in [-0.4, -0.2) is 44.0 Å². The summed E-state index contributed by atoms with van der Waals surface area (Å²) in [5.74, 6) is 0.323. The zero-order chi connectivity index (χ0) is 19.8. The first kappa shape index (κ1) is 19.3. The molecular weight excluding hydrogens is 366 g/mol. The minimum atomic E-state index is -3.95. The van der Waals surface area contributed by atoms with E-state index in [4.69, 9.17) is 4.74 Å². The summed E-state index contributed by atoms with van der Waals surface area (Å²) in [5, 5.41) is 0. The number of hydrogen-bond donors (Lipinski definition) is 1. The van der Waals surface area contributed by atoms with Gasteiger partial charge in [-0.15, -0.1) is 0 Å². The summed E-state index contributed by atoms with van der Waals surface area (Å²) in [5.41, 5.74) is 1.82. The second-order valence-electron chi connectivity index (χ2n) is 6.77. The molecule has 0 radical (unpaired) electrons. The maximum atomic E-state index is 13.2. The lowest BCUT2D eigenvalue weighted by molar-refractivity contribution is 0.0788. The topological polar surface area (TPSA) is 80.6 Å². The maximum absolute atomic E-state index is 13.2. The molecule has 1 aliphatic rings. The number of benzene rings is 1. The summed E-state index contributed by atoms with van der Waals surface area (Å²) < 4.78 is 35.9. The van der Waals surface area contributed by atoms with Gasteiger partial charge < -0.3 is 14.2 Å². The number of carbonyl (C=O) groups is 1. The van der Waals surface area contributed by atoms with Crippen LogP contribution in [0.2, 0.25) is 0 Å². The molecule has 0 bridgehead atoms. The molecule has 1 aromatic heterocycles. The molecule has 0 atom stereocenters. The van der Waals surface area contributed by atoms with E-state index in [-0.39, 0.29) is 16.4 Å².